The number of carbonyl (C=O) groups is 2. The Hall–Kier alpha value is -3.09. The number of furan rings is 1. The van der Waals surface area contributed by atoms with E-state index < -0.39 is 0 Å². The molecule has 0 saturated carbocycles. The average molecular weight is 452 g/mol. The summed E-state index contributed by atoms with van der Waals surface area (Å²) in [6.45, 7) is 3.66. The van der Waals surface area contributed by atoms with E-state index in [1.165, 1.54) is 0 Å². The van der Waals surface area contributed by atoms with Gasteiger partial charge in [0.15, 0.2) is 0 Å². The van der Waals surface area contributed by atoms with E-state index in [1.54, 1.807) is 23.3 Å². The van der Waals surface area contributed by atoms with Crippen molar-refractivity contribution < 1.29 is 14.0 Å². The minimum atomic E-state index is -0.0647. The van der Waals surface area contributed by atoms with Crippen molar-refractivity contribution in [3.8, 4) is 0 Å². The normalized spacial score (nSPS) is 14.3. The Balaban J connectivity index is 1.35. The molecule has 166 valence electrons. The Morgan fingerprint density at radius 3 is 2.28 bits per heavy atom. The molecule has 0 unspecified atom stereocenters. The minimum absolute atomic E-state index is 0.0381. The molecule has 1 saturated heterocycles. The number of benzene rings is 2. The van der Waals surface area contributed by atoms with Crippen LogP contribution >= 0.6 is 11.6 Å². The van der Waals surface area contributed by atoms with Crippen molar-refractivity contribution in [1.82, 2.24) is 14.7 Å². The summed E-state index contributed by atoms with van der Waals surface area (Å²) in [7, 11) is 0. The number of piperazine rings is 1. The molecule has 2 heterocycles. The van der Waals surface area contributed by atoms with Crippen molar-refractivity contribution >= 4 is 23.4 Å². The molecule has 0 bridgehead atoms. The van der Waals surface area contributed by atoms with Gasteiger partial charge in [-0.25, -0.2) is 0 Å². The largest absolute Gasteiger partial charge is 0.467 e. The van der Waals surface area contributed by atoms with E-state index in [2.05, 4.69) is 4.90 Å². The van der Waals surface area contributed by atoms with Crippen molar-refractivity contribution in [2.24, 2.45) is 0 Å². The summed E-state index contributed by atoms with van der Waals surface area (Å²) in [6.07, 6.45) is 1.62. The van der Waals surface area contributed by atoms with Gasteiger partial charge in [0.2, 0.25) is 5.91 Å². The summed E-state index contributed by atoms with van der Waals surface area (Å²) in [6, 6.07) is 20.7. The van der Waals surface area contributed by atoms with E-state index in [4.69, 9.17) is 16.0 Å². The van der Waals surface area contributed by atoms with Crippen molar-refractivity contribution in [3.63, 3.8) is 0 Å². The molecule has 32 heavy (non-hydrogen) atoms. The summed E-state index contributed by atoms with van der Waals surface area (Å²) in [5, 5.41) is 0.463. The third-order valence-corrected chi connectivity index (χ3v) is 5.95. The van der Waals surface area contributed by atoms with Crippen LogP contribution in [0.15, 0.2) is 77.4 Å². The number of nitrogens with zero attached hydrogens (tertiary/aromatic N) is 3. The maximum absolute atomic E-state index is 13.2. The first-order chi connectivity index (χ1) is 15.6. The van der Waals surface area contributed by atoms with Crippen LogP contribution in [-0.2, 0) is 17.9 Å². The molecule has 0 aliphatic carbocycles. The fourth-order valence-electron chi connectivity index (χ4n) is 3.83. The number of amides is 2. The molecule has 1 fully saturated rings. The monoisotopic (exact) mass is 451 g/mol. The van der Waals surface area contributed by atoms with E-state index in [0.29, 0.717) is 56.4 Å². The van der Waals surface area contributed by atoms with Gasteiger partial charge in [0.1, 0.15) is 5.76 Å². The lowest BCUT2D eigenvalue weighted by Crippen LogP contribution is -2.51. The van der Waals surface area contributed by atoms with Crippen LogP contribution in [0, 0.1) is 0 Å². The molecule has 0 radical (unpaired) electrons. The second kappa shape index (κ2) is 10.5. The topological polar surface area (TPSA) is 57.0 Å². The zero-order valence-corrected chi connectivity index (χ0v) is 18.6. The van der Waals surface area contributed by atoms with Gasteiger partial charge in [0.25, 0.3) is 5.91 Å². The highest BCUT2D eigenvalue weighted by atomic mass is 35.5. The zero-order valence-electron chi connectivity index (χ0n) is 17.8. The Morgan fingerprint density at radius 2 is 1.59 bits per heavy atom. The van der Waals surface area contributed by atoms with Crippen molar-refractivity contribution in [1.29, 1.82) is 0 Å². The maximum Gasteiger partial charge on any atom is 0.255 e. The van der Waals surface area contributed by atoms with Crippen LogP contribution in [0.4, 0.5) is 0 Å². The average Bonchev–Trinajstić information content (AvgIpc) is 3.33. The highest BCUT2D eigenvalue weighted by Crippen LogP contribution is 2.18. The first kappa shape index (κ1) is 22.1. The molecule has 1 aliphatic rings. The quantitative estimate of drug-likeness (QED) is 0.546. The van der Waals surface area contributed by atoms with Crippen LogP contribution in [-0.4, -0.2) is 59.2 Å². The Morgan fingerprint density at radius 1 is 0.875 bits per heavy atom. The Labute approximate surface area is 193 Å². The lowest BCUT2D eigenvalue weighted by molar-refractivity contribution is -0.134. The number of rotatable bonds is 7. The first-order valence-corrected chi connectivity index (χ1v) is 11.1. The number of hydrogen-bond acceptors (Lipinski definition) is 4. The second-order valence-electron chi connectivity index (χ2n) is 7.86. The lowest BCUT2D eigenvalue weighted by Gasteiger charge is -2.35. The van der Waals surface area contributed by atoms with Crippen LogP contribution in [0.25, 0.3) is 0 Å². The molecule has 0 atom stereocenters. The Bertz CT molecular complexity index is 1030. The molecule has 7 heteroatoms. The second-order valence-corrected chi connectivity index (χ2v) is 8.27. The van der Waals surface area contributed by atoms with Crippen LogP contribution in [0.1, 0.15) is 21.7 Å². The fraction of sp³-hybridized carbons (Fsp3) is 0.280. The molecular weight excluding hydrogens is 426 g/mol. The summed E-state index contributed by atoms with van der Waals surface area (Å²) >= 11 is 6.18. The van der Waals surface area contributed by atoms with Gasteiger partial charge in [-0.15, -0.1) is 0 Å². The highest BCUT2D eigenvalue weighted by Gasteiger charge is 2.26. The Kier molecular flexibility index (Phi) is 7.24. The molecule has 4 rings (SSSR count). The van der Waals surface area contributed by atoms with Gasteiger partial charge in [0.05, 0.1) is 29.9 Å². The molecule has 2 amide bonds. The van der Waals surface area contributed by atoms with Gasteiger partial charge in [-0.3, -0.25) is 14.5 Å². The third-order valence-electron chi connectivity index (χ3n) is 5.62. The standard InChI is InChI=1S/C25H26ClN3O3/c26-23-11-5-4-10-22(23)25(31)28-14-12-27(13-15-28)19-24(30)29(18-21-9-6-16-32-21)17-20-7-2-1-3-8-20/h1-11,16H,12-15,17-19H2. The van der Waals surface area contributed by atoms with Crippen LogP contribution in [0.5, 0.6) is 0 Å². The van der Waals surface area contributed by atoms with Crippen LogP contribution in [0.2, 0.25) is 5.02 Å². The summed E-state index contributed by atoms with van der Waals surface area (Å²) in [5.41, 5.74) is 1.59. The van der Waals surface area contributed by atoms with E-state index >= 15 is 0 Å². The smallest absolute Gasteiger partial charge is 0.255 e. The third kappa shape index (κ3) is 5.58. The van der Waals surface area contributed by atoms with Crippen molar-refractivity contribution in [2.75, 3.05) is 32.7 Å². The number of halogens is 1. The zero-order chi connectivity index (χ0) is 22.3. The van der Waals surface area contributed by atoms with Crippen LogP contribution < -0.4 is 0 Å². The first-order valence-electron chi connectivity index (χ1n) is 10.7. The summed E-state index contributed by atoms with van der Waals surface area (Å²) in [5.74, 6) is 0.727. The molecule has 2 aromatic carbocycles. The van der Waals surface area contributed by atoms with Crippen LogP contribution in [0.3, 0.4) is 0 Å². The SMILES string of the molecule is O=C(CN1CCN(C(=O)c2ccccc2Cl)CC1)N(Cc1ccccc1)Cc1ccco1. The molecule has 3 aromatic rings. The van der Waals surface area contributed by atoms with Gasteiger partial charge in [-0.2, -0.15) is 0 Å². The molecule has 6 nitrogen and oxygen atoms in total. The predicted molar refractivity (Wildman–Crippen MR) is 123 cm³/mol. The summed E-state index contributed by atoms with van der Waals surface area (Å²) < 4.78 is 5.47. The van der Waals surface area contributed by atoms with Gasteiger partial charge in [0, 0.05) is 32.7 Å². The maximum atomic E-state index is 13.2. The predicted octanol–water partition coefficient (Wildman–Crippen LogP) is 3.92. The highest BCUT2D eigenvalue weighted by molar-refractivity contribution is 6.33. The van der Waals surface area contributed by atoms with Gasteiger partial charge < -0.3 is 14.2 Å². The number of hydrogen-bond donors (Lipinski definition) is 0. The summed E-state index contributed by atoms with van der Waals surface area (Å²) in [4.78, 5) is 31.7. The fourth-order valence-corrected chi connectivity index (χ4v) is 4.05. The van der Waals surface area contributed by atoms with Crippen molar-refractivity contribution in [3.05, 3.63) is 94.9 Å². The van der Waals surface area contributed by atoms with Gasteiger partial charge in [-0.1, -0.05) is 54.1 Å². The van der Waals surface area contributed by atoms with E-state index in [0.717, 1.165) is 11.3 Å². The minimum Gasteiger partial charge on any atom is -0.467 e. The lowest BCUT2D eigenvalue weighted by atomic mass is 10.1. The molecular formula is C25H26ClN3O3. The molecule has 1 aliphatic heterocycles. The van der Waals surface area contributed by atoms with E-state index in [1.807, 2.05) is 59.5 Å². The van der Waals surface area contributed by atoms with Gasteiger partial charge >= 0.3 is 0 Å². The van der Waals surface area contributed by atoms with E-state index in [9.17, 15) is 9.59 Å². The van der Waals surface area contributed by atoms with Crippen molar-refractivity contribution in [2.45, 2.75) is 13.1 Å². The number of carbonyl (C=O) groups excluding carboxylic acids is 2. The van der Waals surface area contributed by atoms with E-state index in [-0.39, 0.29) is 11.8 Å². The molecule has 1 aromatic heterocycles. The van der Waals surface area contributed by atoms with Gasteiger partial charge in [-0.05, 0) is 29.8 Å². The molecule has 0 N–H and O–H groups in total. The molecule has 0 spiro atoms.